The molecule has 3 N–H and O–H groups in total. The molecule has 118 valence electrons. The van der Waals surface area contributed by atoms with Crippen LogP contribution in [0.5, 0.6) is 0 Å². The minimum Gasteiger partial charge on any atom is -0.368 e. The lowest BCUT2D eigenvalue weighted by atomic mass is 9.97. The van der Waals surface area contributed by atoms with Crippen molar-refractivity contribution in [3.63, 3.8) is 0 Å². The summed E-state index contributed by atoms with van der Waals surface area (Å²) in [4.78, 5) is 10.9. The third-order valence-electron chi connectivity index (χ3n) is 4.87. The second-order valence-electron chi connectivity index (χ2n) is 6.19. The molecule has 2 atom stereocenters. The van der Waals surface area contributed by atoms with E-state index in [9.17, 15) is 0 Å². The van der Waals surface area contributed by atoms with Crippen LogP contribution in [0.25, 0.3) is 0 Å². The molecule has 0 radical (unpaired) electrons. The quantitative estimate of drug-likeness (QED) is 0.899. The van der Waals surface area contributed by atoms with Gasteiger partial charge in [0.1, 0.15) is 5.84 Å². The zero-order valence-electron chi connectivity index (χ0n) is 13.8. The van der Waals surface area contributed by atoms with E-state index in [0.29, 0.717) is 12.0 Å². The SMILES string of the molecule is CCC1=NC(N)=NC(NC2CCc3ccc(C)c(C)c32)N1C. The van der Waals surface area contributed by atoms with Crippen LogP contribution in [-0.2, 0) is 6.42 Å². The normalized spacial score (nSPS) is 24.1. The van der Waals surface area contributed by atoms with Crippen molar-refractivity contribution in [1.29, 1.82) is 0 Å². The second-order valence-corrected chi connectivity index (χ2v) is 6.19. The Balaban J connectivity index is 1.85. The Morgan fingerprint density at radius 3 is 2.86 bits per heavy atom. The van der Waals surface area contributed by atoms with Gasteiger partial charge in [-0.2, -0.15) is 0 Å². The number of aryl methyl sites for hydroxylation is 2. The number of amidine groups is 1. The molecule has 22 heavy (non-hydrogen) atoms. The van der Waals surface area contributed by atoms with Gasteiger partial charge in [-0.15, -0.1) is 0 Å². The zero-order chi connectivity index (χ0) is 15.9. The van der Waals surface area contributed by atoms with Gasteiger partial charge in [-0.3, -0.25) is 5.32 Å². The van der Waals surface area contributed by atoms with Crippen LogP contribution in [-0.4, -0.2) is 30.0 Å². The first-order chi connectivity index (χ1) is 10.5. The molecule has 5 nitrogen and oxygen atoms in total. The number of nitrogens with two attached hydrogens (primary N) is 1. The van der Waals surface area contributed by atoms with E-state index in [1.165, 1.54) is 22.3 Å². The lowest BCUT2D eigenvalue weighted by Crippen LogP contribution is -2.50. The van der Waals surface area contributed by atoms with Gasteiger partial charge in [0, 0.05) is 19.5 Å². The Hall–Kier alpha value is -1.88. The molecule has 0 saturated heterocycles. The van der Waals surface area contributed by atoms with Gasteiger partial charge in [0.05, 0.1) is 0 Å². The molecule has 3 rings (SSSR count). The van der Waals surface area contributed by atoms with Crippen LogP contribution < -0.4 is 11.1 Å². The van der Waals surface area contributed by atoms with Gasteiger partial charge in [0.15, 0.2) is 6.29 Å². The Bertz CT molecular complexity index is 647. The predicted octanol–water partition coefficient (Wildman–Crippen LogP) is 2.23. The summed E-state index contributed by atoms with van der Waals surface area (Å²) in [5.74, 6) is 1.34. The topological polar surface area (TPSA) is 66.0 Å². The summed E-state index contributed by atoms with van der Waals surface area (Å²) in [7, 11) is 2.02. The van der Waals surface area contributed by atoms with Crippen molar-refractivity contribution in [2.75, 3.05) is 7.05 Å². The van der Waals surface area contributed by atoms with Crippen molar-refractivity contribution >= 4 is 11.8 Å². The van der Waals surface area contributed by atoms with Crippen molar-refractivity contribution in [3.8, 4) is 0 Å². The Labute approximate surface area is 132 Å². The van der Waals surface area contributed by atoms with Crippen LogP contribution in [0.4, 0.5) is 0 Å². The third-order valence-corrected chi connectivity index (χ3v) is 4.87. The summed E-state index contributed by atoms with van der Waals surface area (Å²) in [6.45, 7) is 6.48. The number of rotatable bonds is 3. The molecule has 1 aromatic rings. The largest absolute Gasteiger partial charge is 0.368 e. The summed E-state index contributed by atoms with van der Waals surface area (Å²) < 4.78 is 0. The maximum Gasteiger partial charge on any atom is 0.220 e. The minimum absolute atomic E-state index is 0.136. The van der Waals surface area contributed by atoms with E-state index in [1.54, 1.807) is 0 Å². The number of hydrogen-bond acceptors (Lipinski definition) is 5. The standard InChI is InChI=1S/C17H25N5/c1-5-14-20-16(18)21-17(22(14)4)19-13-9-8-12-7-6-10(2)11(3)15(12)13/h6-7,13,17,19H,5,8-9H2,1-4H3,(H2,18,21). The maximum absolute atomic E-state index is 5.87. The van der Waals surface area contributed by atoms with Gasteiger partial charge in [0.2, 0.25) is 5.96 Å². The van der Waals surface area contributed by atoms with E-state index in [-0.39, 0.29) is 6.29 Å². The third kappa shape index (κ3) is 2.50. The molecule has 0 spiro atoms. The molecule has 0 bridgehead atoms. The van der Waals surface area contributed by atoms with E-state index < -0.39 is 0 Å². The smallest absolute Gasteiger partial charge is 0.220 e. The van der Waals surface area contributed by atoms with Crippen molar-refractivity contribution in [2.45, 2.75) is 52.4 Å². The summed E-state index contributed by atoms with van der Waals surface area (Å²) in [6.07, 6.45) is 2.95. The zero-order valence-corrected chi connectivity index (χ0v) is 13.8. The van der Waals surface area contributed by atoms with E-state index >= 15 is 0 Å². The summed E-state index contributed by atoms with van der Waals surface area (Å²) in [5.41, 5.74) is 11.5. The van der Waals surface area contributed by atoms with Gasteiger partial charge in [0.25, 0.3) is 0 Å². The van der Waals surface area contributed by atoms with Crippen LogP contribution in [0.3, 0.4) is 0 Å². The van der Waals surface area contributed by atoms with E-state index in [0.717, 1.165) is 25.1 Å². The number of guanidine groups is 1. The summed E-state index contributed by atoms with van der Waals surface area (Å²) in [5, 5.41) is 3.66. The van der Waals surface area contributed by atoms with E-state index in [1.807, 2.05) is 7.05 Å². The maximum atomic E-state index is 5.87. The van der Waals surface area contributed by atoms with Gasteiger partial charge >= 0.3 is 0 Å². The Kier molecular flexibility index (Phi) is 3.91. The number of fused-ring (bicyclic) bond motifs is 1. The minimum atomic E-state index is -0.136. The molecule has 0 aromatic heterocycles. The molecule has 0 saturated carbocycles. The highest BCUT2D eigenvalue weighted by Gasteiger charge is 2.30. The second kappa shape index (κ2) is 5.72. The van der Waals surface area contributed by atoms with Crippen LogP contribution >= 0.6 is 0 Å². The fraction of sp³-hybridized carbons (Fsp3) is 0.529. The number of benzene rings is 1. The first-order valence-corrected chi connectivity index (χ1v) is 8.00. The highest BCUT2D eigenvalue weighted by molar-refractivity contribution is 5.96. The van der Waals surface area contributed by atoms with E-state index in [2.05, 4.69) is 53.1 Å². The lowest BCUT2D eigenvalue weighted by molar-refractivity contribution is 0.275. The highest BCUT2D eigenvalue weighted by Crippen LogP contribution is 2.35. The monoisotopic (exact) mass is 299 g/mol. The average molecular weight is 299 g/mol. The molecule has 5 heteroatoms. The molecule has 1 heterocycles. The van der Waals surface area contributed by atoms with Crippen LogP contribution in [0, 0.1) is 13.8 Å². The number of nitrogens with zero attached hydrogens (tertiary/aromatic N) is 3. The van der Waals surface area contributed by atoms with Gasteiger partial charge in [-0.25, -0.2) is 9.98 Å². The molecule has 0 fully saturated rings. The molecule has 0 amide bonds. The molecular formula is C17H25N5. The van der Waals surface area contributed by atoms with Crippen LogP contribution in [0.2, 0.25) is 0 Å². The Morgan fingerprint density at radius 1 is 1.36 bits per heavy atom. The van der Waals surface area contributed by atoms with Crippen molar-refractivity contribution in [2.24, 2.45) is 15.7 Å². The van der Waals surface area contributed by atoms with Gasteiger partial charge in [-0.05, 0) is 48.9 Å². The lowest BCUT2D eigenvalue weighted by Gasteiger charge is -2.33. The fourth-order valence-electron chi connectivity index (χ4n) is 3.46. The van der Waals surface area contributed by atoms with Crippen LogP contribution in [0.15, 0.2) is 22.1 Å². The fourth-order valence-corrected chi connectivity index (χ4v) is 3.46. The first kappa shape index (κ1) is 15.0. The molecule has 2 unspecified atom stereocenters. The predicted molar refractivity (Wildman–Crippen MR) is 91.0 cm³/mol. The van der Waals surface area contributed by atoms with Crippen molar-refractivity contribution in [1.82, 2.24) is 10.2 Å². The summed E-state index contributed by atoms with van der Waals surface area (Å²) in [6, 6.07) is 4.82. The van der Waals surface area contributed by atoms with Crippen molar-refractivity contribution in [3.05, 3.63) is 34.4 Å². The van der Waals surface area contributed by atoms with Gasteiger partial charge < -0.3 is 10.6 Å². The van der Waals surface area contributed by atoms with Gasteiger partial charge in [-0.1, -0.05) is 19.1 Å². The van der Waals surface area contributed by atoms with Crippen LogP contribution in [0.1, 0.15) is 48.1 Å². The number of aliphatic imine (C=N–C) groups is 2. The van der Waals surface area contributed by atoms with Crippen molar-refractivity contribution < 1.29 is 0 Å². The molecule has 1 aliphatic carbocycles. The average Bonchev–Trinajstić information content (AvgIpc) is 2.90. The first-order valence-electron chi connectivity index (χ1n) is 8.00. The number of nitrogens with one attached hydrogen (secondary N) is 1. The Morgan fingerprint density at radius 2 is 2.14 bits per heavy atom. The summed E-state index contributed by atoms with van der Waals surface area (Å²) >= 11 is 0. The molecule has 1 aliphatic heterocycles. The number of hydrogen-bond donors (Lipinski definition) is 2. The molecule has 2 aliphatic rings. The molecular weight excluding hydrogens is 274 g/mol. The molecule has 1 aromatic carbocycles. The van der Waals surface area contributed by atoms with E-state index in [4.69, 9.17) is 5.73 Å². The highest BCUT2D eigenvalue weighted by atomic mass is 15.4.